The lowest BCUT2D eigenvalue weighted by atomic mass is 10.2. The second-order valence-electron chi connectivity index (χ2n) is 4.43. The van der Waals surface area contributed by atoms with Gasteiger partial charge < -0.3 is 26.2 Å². The van der Waals surface area contributed by atoms with Crippen LogP contribution in [0.5, 0.6) is 0 Å². The van der Waals surface area contributed by atoms with Crippen molar-refractivity contribution in [1.29, 1.82) is 0 Å². The van der Waals surface area contributed by atoms with E-state index in [1.165, 1.54) is 18.7 Å². The Morgan fingerprint density at radius 1 is 1.18 bits per heavy atom. The molecule has 0 aromatic heterocycles. The molecule has 126 valence electrons. The van der Waals surface area contributed by atoms with Gasteiger partial charge in [-0.3, -0.25) is 14.4 Å². The van der Waals surface area contributed by atoms with Crippen molar-refractivity contribution in [3.63, 3.8) is 0 Å². The molecule has 0 aliphatic rings. The Labute approximate surface area is 132 Å². The first kappa shape index (κ1) is 20.2. The van der Waals surface area contributed by atoms with Crippen LogP contribution in [-0.2, 0) is 19.2 Å². The fourth-order valence-electron chi connectivity index (χ4n) is 1.47. The van der Waals surface area contributed by atoms with Crippen molar-refractivity contribution in [2.75, 3.05) is 18.6 Å². The molecule has 9 nitrogen and oxygen atoms in total. The average Bonchev–Trinajstić information content (AvgIpc) is 2.47. The van der Waals surface area contributed by atoms with Crippen molar-refractivity contribution in [2.45, 2.75) is 31.5 Å². The van der Waals surface area contributed by atoms with Crippen LogP contribution in [0.15, 0.2) is 0 Å². The van der Waals surface area contributed by atoms with Crippen molar-refractivity contribution in [3.05, 3.63) is 0 Å². The zero-order chi connectivity index (χ0) is 17.1. The Morgan fingerprint density at radius 3 is 2.27 bits per heavy atom. The number of amides is 3. The van der Waals surface area contributed by atoms with Crippen LogP contribution in [0.3, 0.4) is 0 Å². The summed E-state index contributed by atoms with van der Waals surface area (Å²) in [6.45, 7) is 0.612. The van der Waals surface area contributed by atoms with Gasteiger partial charge in [-0.15, -0.1) is 0 Å². The number of hydrogen-bond acceptors (Lipinski definition) is 6. The van der Waals surface area contributed by atoms with E-state index < -0.39 is 42.5 Å². The molecule has 0 rings (SSSR count). The Balaban J connectivity index is 4.55. The lowest BCUT2D eigenvalue weighted by molar-refractivity contribution is -0.143. The summed E-state index contributed by atoms with van der Waals surface area (Å²) in [7, 11) is 0. The summed E-state index contributed by atoms with van der Waals surface area (Å²) < 4.78 is 0. The molecule has 0 radical (unpaired) electrons. The van der Waals surface area contributed by atoms with E-state index in [0.717, 1.165) is 0 Å². The second kappa shape index (κ2) is 10.9. The van der Waals surface area contributed by atoms with Gasteiger partial charge in [0.05, 0.1) is 6.61 Å². The third-order valence-corrected chi connectivity index (χ3v) is 3.39. The van der Waals surface area contributed by atoms with Crippen LogP contribution in [0.2, 0.25) is 0 Å². The van der Waals surface area contributed by atoms with E-state index in [2.05, 4.69) is 16.0 Å². The maximum atomic E-state index is 12.0. The smallest absolute Gasteiger partial charge is 0.328 e. The number of nitrogens with one attached hydrogen (secondary N) is 3. The number of rotatable bonds is 11. The van der Waals surface area contributed by atoms with Crippen molar-refractivity contribution in [1.82, 2.24) is 16.0 Å². The van der Waals surface area contributed by atoms with Crippen molar-refractivity contribution >= 4 is 36.0 Å². The third-order valence-electron chi connectivity index (χ3n) is 2.75. The van der Waals surface area contributed by atoms with Crippen LogP contribution in [-0.4, -0.2) is 71.1 Å². The Hall–Kier alpha value is -1.81. The molecular weight excluding hydrogens is 314 g/mol. The van der Waals surface area contributed by atoms with Gasteiger partial charge in [0.15, 0.2) is 0 Å². The van der Waals surface area contributed by atoms with Crippen molar-refractivity contribution in [2.24, 2.45) is 0 Å². The number of aliphatic hydroxyl groups excluding tert-OH is 1. The highest BCUT2D eigenvalue weighted by atomic mass is 32.2. The molecule has 0 aromatic rings. The molecule has 10 heteroatoms. The first-order chi connectivity index (χ1) is 10.4. The van der Waals surface area contributed by atoms with Crippen LogP contribution in [0.25, 0.3) is 0 Å². The fraction of sp³-hybridized carbons (Fsp3) is 0.667. The quantitative estimate of drug-likeness (QED) is 0.272. The molecule has 3 atom stereocenters. The Bertz CT molecular complexity index is 406. The molecule has 0 aliphatic heterocycles. The fourth-order valence-corrected chi connectivity index (χ4v) is 1.94. The zero-order valence-corrected chi connectivity index (χ0v) is 13.2. The number of carboxylic acids is 1. The van der Waals surface area contributed by atoms with E-state index in [-0.39, 0.29) is 0 Å². The summed E-state index contributed by atoms with van der Waals surface area (Å²) >= 11 is 1.50. The molecule has 0 spiro atoms. The highest BCUT2D eigenvalue weighted by Crippen LogP contribution is 2.01. The van der Waals surface area contributed by atoms with E-state index in [0.29, 0.717) is 18.6 Å². The van der Waals surface area contributed by atoms with E-state index in [1.807, 2.05) is 6.26 Å². The summed E-state index contributed by atoms with van der Waals surface area (Å²) in [5.41, 5.74) is 0. The molecule has 5 N–H and O–H groups in total. The maximum Gasteiger partial charge on any atom is 0.328 e. The Morgan fingerprint density at radius 2 is 1.82 bits per heavy atom. The summed E-state index contributed by atoms with van der Waals surface area (Å²) in [5.74, 6) is -2.02. The zero-order valence-electron chi connectivity index (χ0n) is 12.4. The molecule has 22 heavy (non-hydrogen) atoms. The minimum Gasteiger partial charge on any atom is -0.480 e. The molecule has 0 fully saturated rings. The minimum atomic E-state index is -1.44. The van der Waals surface area contributed by atoms with E-state index in [1.54, 1.807) is 0 Å². The minimum absolute atomic E-state index is 0.397. The van der Waals surface area contributed by atoms with E-state index >= 15 is 0 Å². The van der Waals surface area contributed by atoms with Gasteiger partial charge in [-0.05, 0) is 25.4 Å². The number of carbonyl (C=O) groups is 4. The summed E-state index contributed by atoms with van der Waals surface area (Å²) in [6.07, 6.45) is 2.66. The first-order valence-corrected chi connectivity index (χ1v) is 7.89. The monoisotopic (exact) mass is 335 g/mol. The van der Waals surface area contributed by atoms with Gasteiger partial charge in [0.2, 0.25) is 18.2 Å². The van der Waals surface area contributed by atoms with Gasteiger partial charge in [0.1, 0.15) is 18.1 Å². The lowest BCUT2D eigenvalue weighted by Gasteiger charge is -2.20. The summed E-state index contributed by atoms with van der Waals surface area (Å²) in [4.78, 5) is 44.9. The van der Waals surface area contributed by atoms with Gasteiger partial charge in [-0.2, -0.15) is 11.8 Å². The highest BCUT2D eigenvalue weighted by Gasteiger charge is 2.25. The van der Waals surface area contributed by atoms with Gasteiger partial charge in [0.25, 0.3) is 0 Å². The number of aliphatic carboxylic acids is 1. The third kappa shape index (κ3) is 7.27. The number of aliphatic hydroxyl groups is 1. The number of carbonyl (C=O) groups excluding carboxylic acids is 3. The lowest BCUT2D eigenvalue weighted by Crippen LogP contribution is -2.54. The second-order valence-corrected chi connectivity index (χ2v) is 5.42. The van der Waals surface area contributed by atoms with E-state index in [4.69, 9.17) is 10.2 Å². The van der Waals surface area contributed by atoms with Gasteiger partial charge >= 0.3 is 5.97 Å². The number of thioether (sulfide) groups is 1. The SMILES string of the molecule is CSCC[C@H](NC=O)C(=O)N[C@@H](C)C(=O)N[C@H](CO)C(=O)O. The molecule has 0 bridgehead atoms. The van der Waals surface area contributed by atoms with Gasteiger partial charge in [0, 0.05) is 0 Å². The predicted octanol–water partition coefficient (Wildman–Crippen LogP) is -2.08. The Kier molecular flexibility index (Phi) is 9.96. The number of hydrogen-bond donors (Lipinski definition) is 5. The maximum absolute atomic E-state index is 12.0. The van der Waals surface area contributed by atoms with Crippen LogP contribution >= 0.6 is 11.8 Å². The molecule has 0 heterocycles. The van der Waals surface area contributed by atoms with Gasteiger partial charge in [-0.1, -0.05) is 0 Å². The summed E-state index contributed by atoms with van der Waals surface area (Å²) in [6, 6.07) is -3.22. The van der Waals surface area contributed by atoms with Crippen LogP contribution < -0.4 is 16.0 Å². The highest BCUT2D eigenvalue weighted by molar-refractivity contribution is 7.98. The van der Waals surface area contributed by atoms with E-state index in [9.17, 15) is 19.2 Å². The molecule has 3 amide bonds. The topological polar surface area (TPSA) is 145 Å². The van der Waals surface area contributed by atoms with Crippen molar-refractivity contribution in [3.8, 4) is 0 Å². The first-order valence-electron chi connectivity index (χ1n) is 6.50. The standard InChI is InChI=1S/C12H21N3O6S/c1-7(10(18)15-9(5-16)12(20)21)14-11(19)8(13-6-17)3-4-22-2/h6-9,16H,3-5H2,1-2H3,(H,13,17)(H,14,19)(H,15,18)(H,20,21)/t7-,8-,9+/m0/s1. The molecule has 0 saturated heterocycles. The van der Waals surface area contributed by atoms with Crippen LogP contribution in [0.4, 0.5) is 0 Å². The molecular formula is C12H21N3O6S. The van der Waals surface area contributed by atoms with Crippen LogP contribution in [0.1, 0.15) is 13.3 Å². The molecule has 0 unspecified atom stereocenters. The number of carboxylic acid groups (broad SMARTS) is 1. The average molecular weight is 335 g/mol. The molecule has 0 saturated carbocycles. The van der Waals surface area contributed by atoms with Crippen molar-refractivity contribution < 1.29 is 29.4 Å². The largest absolute Gasteiger partial charge is 0.480 e. The van der Waals surface area contributed by atoms with Crippen LogP contribution in [0, 0.1) is 0 Å². The van der Waals surface area contributed by atoms with Gasteiger partial charge in [-0.25, -0.2) is 4.79 Å². The normalized spacial score (nSPS) is 14.3. The summed E-state index contributed by atoms with van der Waals surface area (Å²) in [5, 5.41) is 24.4. The molecule has 0 aromatic carbocycles. The predicted molar refractivity (Wildman–Crippen MR) is 80.2 cm³/mol. The molecule has 0 aliphatic carbocycles.